The van der Waals surface area contributed by atoms with E-state index in [1.807, 2.05) is 0 Å². The average molecular weight is 296 g/mol. The second kappa shape index (κ2) is 5.04. The molecule has 2 rings (SSSR count). The lowest BCUT2D eigenvalue weighted by Gasteiger charge is -2.12. The van der Waals surface area contributed by atoms with E-state index >= 15 is 0 Å². The highest BCUT2D eigenvalue weighted by Gasteiger charge is 2.23. The number of thiophene rings is 1. The summed E-state index contributed by atoms with van der Waals surface area (Å²) in [4.78, 5) is 38.9. The van der Waals surface area contributed by atoms with Crippen LogP contribution in [0.4, 0.5) is 0 Å². The van der Waals surface area contributed by atoms with Gasteiger partial charge in [0.2, 0.25) is 0 Å². The van der Waals surface area contributed by atoms with Crippen molar-refractivity contribution in [2.24, 2.45) is 0 Å². The first-order valence-electron chi connectivity index (χ1n) is 5.84. The largest absolute Gasteiger partial charge is 0.480 e. The molecule has 106 valence electrons. The van der Waals surface area contributed by atoms with Gasteiger partial charge >= 0.3 is 11.9 Å². The Labute approximate surface area is 117 Å². The molecule has 0 saturated heterocycles. The van der Waals surface area contributed by atoms with Gasteiger partial charge in [-0.15, -0.1) is 11.3 Å². The van der Waals surface area contributed by atoms with E-state index in [1.54, 1.807) is 6.92 Å². The Morgan fingerprint density at radius 3 is 2.60 bits per heavy atom. The lowest BCUT2D eigenvalue weighted by Crippen LogP contribution is -2.29. The van der Waals surface area contributed by atoms with Gasteiger partial charge in [-0.25, -0.2) is 14.6 Å². The molecule has 0 radical (unpaired) electrons. The predicted molar refractivity (Wildman–Crippen MR) is 72.5 cm³/mol. The number of carboxylic acids is 2. The van der Waals surface area contributed by atoms with Crippen LogP contribution in [0.15, 0.2) is 11.1 Å². The molecule has 0 aliphatic heterocycles. The van der Waals surface area contributed by atoms with Crippen LogP contribution in [0.25, 0.3) is 10.2 Å². The van der Waals surface area contributed by atoms with E-state index in [0.717, 1.165) is 22.2 Å². The summed E-state index contributed by atoms with van der Waals surface area (Å²) in [6, 6.07) is -1.01. The first kappa shape index (κ1) is 14.2. The van der Waals surface area contributed by atoms with Crippen molar-refractivity contribution >= 4 is 33.5 Å². The molecular formula is C12H12N2O5S. The van der Waals surface area contributed by atoms with Crippen LogP contribution in [0, 0.1) is 6.92 Å². The summed E-state index contributed by atoms with van der Waals surface area (Å²) in [5, 5.41) is 18.3. The Morgan fingerprint density at radius 2 is 2.10 bits per heavy atom. The molecule has 8 heteroatoms. The quantitative estimate of drug-likeness (QED) is 0.884. The van der Waals surface area contributed by atoms with Gasteiger partial charge in [-0.2, -0.15) is 0 Å². The van der Waals surface area contributed by atoms with Gasteiger partial charge in [-0.3, -0.25) is 9.36 Å². The summed E-state index contributed by atoms with van der Waals surface area (Å²) >= 11 is 0.911. The molecule has 0 fully saturated rings. The van der Waals surface area contributed by atoms with Gasteiger partial charge in [0, 0.05) is 0 Å². The van der Waals surface area contributed by atoms with E-state index in [1.165, 1.54) is 6.92 Å². The molecular weight excluding hydrogens is 284 g/mol. The number of aromatic nitrogens is 2. The minimum atomic E-state index is -1.12. The molecule has 0 spiro atoms. The zero-order valence-corrected chi connectivity index (χ0v) is 11.6. The molecule has 0 aromatic carbocycles. The Bertz CT molecular complexity index is 761. The molecule has 2 N–H and O–H groups in total. The van der Waals surface area contributed by atoms with Crippen molar-refractivity contribution in [3.63, 3.8) is 0 Å². The Hall–Kier alpha value is -2.22. The molecule has 20 heavy (non-hydrogen) atoms. The number of carbonyl (C=O) groups is 2. The third kappa shape index (κ3) is 2.07. The Kier molecular flexibility index (Phi) is 3.58. The molecule has 7 nitrogen and oxygen atoms in total. The zero-order valence-electron chi connectivity index (χ0n) is 10.8. The maximum absolute atomic E-state index is 12.4. The van der Waals surface area contributed by atoms with Crippen LogP contribution < -0.4 is 5.56 Å². The normalized spacial score (nSPS) is 12.5. The van der Waals surface area contributed by atoms with Gasteiger partial charge in [-0.05, 0) is 18.9 Å². The number of carboxylic acid groups (broad SMARTS) is 2. The number of hydrogen-bond donors (Lipinski definition) is 2. The van der Waals surface area contributed by atoms with Crippen LogP contribution in [0.1, 0.15) is 34.6 Å². The fraction of sp³-hybridized carbons (Fsp3) is 0.333. The van der Waals surface area contributed by atoms with E-state index in [2.05, 4.69) is 4.98 Å². The monoisotopic (exact) mass is 296 g/mol. The third-order valence-corrected chi connectivity index (χ3v) is 4.27. The van der Waals surface area contributed by atoms with Crippen LogP contribution in [-0.4, -0.2) is 31.7 Å². The lowest BCUT2D eigenvalue weighted by molar-refractivity contribution is -0.141. The molecule has 0 bridgehead atoms. The highest BCUT2D eigenvalue weighted by atomic mass is 32.1. The maximum atomic E-state index is 12.4. The number of aromatic carboxylic acids is 1. The van der Waals surface area contributed by atoms with Gasteiger partial charge < -0.3 is 10.2 Å². The minimum Gasteiger partial charge on any atom is -0.480 e. The van der Waals surface area contributed by atoms with Crippen molar-refractivity contribution in [3.8, 4) is 0 Å². The predicted octanol–water partition coefficient (Wildman–Crippen LogP) is 1.50. The van der Waals surface area contributed by atoms with Crippen LogP contribution in [0.3, 0.4) is 0 Å². The second-order valence-electron chi connectivity index (χ2n) is 4.26. The molecule has 0 amide bonds. The van der Waals surface area contributed by atoms with E-state index in [0.29, 0.717) is 10.4 Å². The van der Waals surface area contributed by atoms with Crippen LogP contribution in [0.2, 0.25) is 0 Å². The van der Waals surface area contributed by atoms with Crippen LogP contribution in [-0.2, 0) is 4.79 Å². The van der Waals surface area contributed by atoms with Crippen molar-refractivity contribution in [2.75, 3.05) is 0 Å². The molecule has 0 saturated carbocycles. The van der Waals surface area contributed by atoms with Gasteiger partial charge in [0.15, 0.2) is 0 Å². The summed E-state index contributed by atoms with van der Waals surface area (Å²) in [7, 11) is 0. The van der Waals surface area contributed by atoms with Crippen LogP contribution >= 0.6 is 11.3 Å². The molecule has 1 unspecified atom stereocenters. The second-order valence-corrected chi connectivity index (χ2v) is 5.26. The van der Waals surface area contributed by atoms with E-state index in [4.69, 9.17) is 10.2 Å². The highest BCUT2D eigenvalue weighted by molar-refractivity contribution is 7.20. The number of aryl methyl sites for hydroxylation is 1. The third-order valence-electron chi connectivity index (χ3n) is 3.08. The summed E-state index contributed by atoms with van der Waals surface area (Å²) in [5.41, 5.74) is -0.199. The van der Waals surface area contributed by atoms with Crippen molar-refractivity contribution in [1.29, 1.82) is 0 Å². The molecule has 0 aliphatic rings. The number of rotatable bonds is 4. The summed E-state index contributed by atoms with van der Waals surface area (Å²) < 4.78 is 1.04. The Balaban J connectivity index is 2.77. The summed E-state index contributed by atoms with van der Waals surface area (Å²) in [5.74, 6) is -2.25. The number of nitrogens with zero attached hydrogens (tertiary/aromatic N) is 2. The zero-order chi connectivity index (χ0) is 15.0. The van der Waals surface area contributed by atoms with Gasteiger partial charge in [0.25, 0.3) is 5.56 Å². The van der Waals surface area contributed by atoms with Crippen molar-refractivity contribution in [1.82, 2.24) is 9.55 Å². The van der Waals surface area contributed by atoms with E-state index in [9.17, 15) is 14.4 Å². The van der Waals surface area contributed by atoms with Gasteiger partial charge in [0.05, 0.1) is 11.7 Å². The highest BCUT2D eigenvalue weighted by Crippen LogP contribution is 2.27. The lowest BCUT2D eigenvalue weighted by atomic mass is 10.2. The number of hydrogen-bond acceptors (Lipinski definition) is 5. The van der Waals surface area contributed by atoms with Crippen LogP contribution in [0.5, 0.6) is 0 Å². The molecule has 0 aliphatic carbocycles. The first-order chi connectivity index (χ1) is 9.38. The number of fused-ring (bicyclic) bond motifs is 1. The SMILES string of the molecule is CCC(C(=O)O)n1cnc2sc(C(=O)O)c(C)c2c1=O. The molecule has 2 aromatic heterocycles. The molecule has 2 aromatic rings. The van der Waals surface area contributed by atoms with Crippen molar-refractivity contribution in [2.45, 2.75) is 26.3 Å². The minimum absolute atomic E-state index is 0.0470. The average Bonchev–Trinajstić information content (AvgIpc) is 2.71. The van der Waals surface area contributed by atoms with Crippen molar-refractivity contribution < 1.29 is 19.8 Å². The first-order valence-corrected chi connectivity index (χ1v) is 6.66. The fourth-order valence-electron chi connectivity index (χ4n) is 2.05. The number of aliphatic carboxylic acids is 1. The molecule has 1 atom stereocenters. The van der Waals surface area contributed by atoms with Gasteiger partial charge in [0.1, 0.15) is 15.7 Å². The van der Waals surface area contributed by atoms with E-state index in [-0.39, 0.29) is 16.7 Å². The summed E-state index contributed by atoms with van der Waals surface area (Å²) in [6.45, 7) is 3.18. The van der Waals surface area contributed by atoms with Gasteiger partial charge in [-0.1, -0.05) is 6.92 Å². The van der Waals surface area contributed by atoms with E-state index < -0.39 is 23.5 Å². The van der Waals surface area contributed by atoms with Crippen molar-refractivity contribution in [3.05, 3.63) is 27.1 Å². The smallest absolute Gasteiger partial charge is 0.346 e. The molecule has 2 heterocycles. The maximum Gasteiger partial charge on any atom is 0.346 e. The Morgan fingerprint density at radius 1 is 1.45 bits per heavy atom. The topological polar surface area (TPSA) is 109 Å². The summed E-state index contributed by atoms with van der Waals surface area (Å²) in [6.07, 6.45) is 1.39. The standard InChI is InChI=1S/C12H12N2O5S/c1-3-6(11(16)17)14-4-13-9-7(10(14)15)5(2)8(20-9)12(18)19/h4,6H,3H2,1-2H3,(H,16,17)(H,18,19). The fourth-order valence-corrected chi connectivity index (χ4v) is 3.03.